The van der Waals surface area contributed by atoms with Gasteiger partial charge in [0.1, 0.15) is 0 Å². The van der Waals surface area contributed by atoms with Gasteiger partial charge in [-0.1, -0.05) is 97.1 Å². The van der Waals surface area contributed by atoms with E-state index < -0.39 is 0 Å². The summed E-state index contributed by atoms with van der Waals surface area (Å²) < 4.78 is 5.70. The normalized spacial score (nSPS) is 14.4. The molecule has 3 heteroatoms. The standard InChI is InChI=1S/C28H19NO2/c30-27-26(31-28(29-27)25-9-5-2-6-10-25)19-20-11-13-22(14-12-20)24-17-15-23(16-18-24)21-7-3-1-4-8-21/h1-19H. The van der Waals surface area contributed by atoms with Crippen molar-refractivity contribution in [3.8, 4) is 22.3 Å². The third-order valence-electron chi connectivity index (χ3n) is 5.18. The van der Waals surface area contributed by atoms with E-state index in [2.05, 4.69) is 41.4 Å². The lowest BCUT2D eigenvalue weighted by atomic mass is 9.99. The Hall–Kier alpha value is -4.24. The molecule has 0 fully saturated rings. The van der Waals surface area contributed by atoms with Gasteiger partial charge in [-0.2, -0.15) is 4.99 Å². The molecule has 0 aromatic heterocycles. The largest absolute Gasteiger partial charge is 0.432 e. The molecule has 0 atom stereocenters. The molecule has 0 saturated heterocycles. The van der Waals surface area contributed by atoms with E-state index in [0.717, 1.165) is 22.3 Å². The summed E-state index contributed by atoms with van der Waals surface area (Å²) in [4.78, 5) is 16.2. The van der Waals surface area contributed by atoms with E-state index >= 15 is 0 Å². The van der Waals surface area contributed by atoms with Gasteiger partial charge < -0.3 is 4.74 Å². The first kappa shape index (κ1) is 18.8. The van der Waals surface area contributed by atoms with Crippen molar-refractivity contribution >= 4 is 17.9 Å². The van der Waals surface area contributed by atoms with Gasteiger partial charge in [0.05, 0.1) is 0 Å². The summed E-state index contributed by atoms with van der Waals surface area (Å²) in [7, 11) is 0. The number of benzene rings is 4. The fraction of sp³-hybridized carbons (Fsp3) is 0. The zero-order valence-electron chi connectivity index (χ0n) is 16.7. The minimum atomic E-state index is -0.362. The molecule has 0 spiro atoms. The number of rotatable bonds is 4. The Morgan fingerprint density at radius 1 is 0.548 bits per heavy atom. The summed E-state index contributed by atoms with van der Waals surface area (Å²) in [5.41, 5.74) is 6.32. The SMILES string of the molecule is O=C1N=C(c2ccccc2)OC1=Cc1ccc(-c2ccc(-c3ccccc3)cc2)cc1. The summed E-state index contributed by atoms with van der Waals surface area (Å²) in [5, 5.41) is 0. The molecule has 0 unspecified atom stereocenters. The average molecular weight is 401 g/mol. The lowest BCUT2D eigenvalue weighted by molar-refractivity contribution is -0.115. The van der Waals surface area contributed by atoms with Crippen LogP contribution in [-0.2, 0) is 9.53 Å². The van der Waals surface area contributed by atoms with Gasteiger partial charge in [0, 0.05) is 5.56 Å². The van der Waals surface area contributed by atoms with Crippen molar-refractivity contribution in [2.45, 2.75) is 0 Å². The quantitative estimate of drug-likeness (QED) is 0.373. The second-order valence-corrected chi connectivity index (χ2v) is 7.26. The van der Waals surface area contributed by atoms with Gasteiger partial charge in [0.25, 0.3) is 0 Å². The van der Waals surface area contributed by atoms with Gasteiger partial charge in [-0.3, -0.25) is 4.79 Å². The average Bonchev–Trinajstić information content (AvgIpc) is 3.21. The van der Waals surface area contributed by atoms with E-state index in [-0.39, 0.29) is 11.7 Å². The molecule has 0 radical (unpaired) electrons. The molecule has 5 rings (SSSR count). The lowest BCUT2D eigenvalue weighted by Crippen LogP contribution is -1.99. The molecule has 1 amide bonds. The Labute approximate surface area is 181 Å². The Morgan fingerprint density at radius 2 is 1.00 bits per heavy atom. The van der Waals surface area contributed by atoms with E-state index in [1.54, 1.807) is 6.08 Å². The van der Waals surface area contributed by atoms with Gasteiger partial charge in [-0.15, -0.1) is 0 Å². The number of aliphatic imine (C=N–C) groups is 1. The van der Waals surface area contributed by atoms with E-state index in [1.807, 2.05) is 72.8 Å². The molecule has 0 aliphatic carbocycles. The highest BCUT2D eigenvalue weighted by atomic mass is 16.5. The molecule has 4 aromatic rings. The molecule has 0 bridgehead atoms. The van der Waals surface area contributed by atoms with E-state index in [1.165, 1.54) is 11.1 Å². The first-order valence-corrected chi connectivity index (χ1v) is 10.1. The van der Waals surface area contributed by atoms with Crippen molar-refractivity contribution in [2.75, 3.05) is 0 Å². The third-order valence-corrected chi connectivity index (χ3v) is 5.18. The van der Waals surface area contributed by atoms with Gasteiger partial charge in [0.2, 0.25) is 5.90 Å². The maximum absolute atomic E-state index is 12.2. The summed E-state index contributed by atoms with van der Waals surface area (Å²) >= 11 is 0. The fourth-order valence-electron chi connectivity index (χ4n) is 3.52. The minimum absolute atomic E-state index is 0.235. The van der Waals surface area contributed by atoms with Crippen LogP contribution in [0.25, 0.3) is 28.3 Å². The highest BCUT2D eigenvalue weighted by Gasteiger charge is 2.23. The monoisotopic (exact) mass is 401 g/mol. The Kier molecular flexibility index (Phi) is 4.99. The van der Waals surface area contributed by atoms with E-state index in [0.29, 0.717) is 5.90 Å². The predicted molar refractivity (Wildman–Crippen MR) is 124 cm³/mol. The van der Waals surface area contributed by atoms with Crippen LogP contribution in [0, 0.1) is 0 Å². The van der Waals surface area contributed by atoms with Crippen molar-refractivity contribution < 1.29 is 9.53 Å². The molecule has 4 aromatic carbocycles. The highest BCUT2D eigenvalue weighted by Crippen LogP contribution is 2.26. The zero-order valence-corrected chi connectivity index (χ0v) is 16.7. The number of hydrogen-bond acceptors (Lipinski definition) is 2. The van der Waals surface area contributed by atoms with Gasteiger partial charge in [0.15, 0.2) is 5.76 Å². The number of hydrogen-bond donors (Lipinski definition) is 0. The van der Waals surface area contributed by atoms with E-state index in [9.17, 15) is 4.79 Å². The minimum Gasteiger partial charge on any atom is -0.432 e. The van der Waals surface area contributed by atoms with Crippen LogP contribution in [0.5, 0.6) is 0 Å². The van der Waals surface area contributed by atoms with Gasteiger partial charge in [-0.05, 0) is 46.0 Å². The molecule has 3 nitrogen and oxygen atoms in total. The van der Waals surface area contributed by atoms with Crippen LogP contribution in [0.2, 0.25) is 0 Å². The van der Waals surface area contributed by atoms with Gasteiger partial charge >= 0.3 is 5.91 Å². The van der Waals surface area contributed by atoms with Crippen LogP contribution in [0.15, 0.2) is 120 Å². The summed E-state index contributed by atoms with van der Waals surface area (Å²) in [6.45, 7) is 0. The second-order valence-electron chi connectivity index (χ2n) is 7.26. The lowest BCUT2D eigenvalue weighted by Gasteiger charge is -2.06. The molecule has 0 saturated carbocycles. The summed E-state index contributed by atoms with van der Waals surface area (Å²) in [6, 6.07) is 36.3. The first-order chi connectivity index (χ1) is 15.3. The molecular weight excluding hydrogens is 382 g/mol. The zero-order chi connectivity index (χ0) is 21.0. The van der Waals surface area contributed by atoms with Crippen molar-refractivity contribution in [3.05, 3.63) is 126 Å². The van der Waals surface area contributed by atoms with Crippen LogP contribution < -0.4 is 0 Å². The predicted octanol–water partition coefficient (Wildman–Crippen LogP) is 6.37. The topological polar surface area (TPSA) is 38.7 Å². The second kappa shape index (κ2) is 8.25. The maximum atomic E-state index is 12.2. The van der Waals surface area contributed by atoms with Crippen LogP contribution in [0.3, 0.4) is 0 Å². The van der Waals surface area contributed by atoms with E-state index in [4.69, 9.17) is 4.74 Å². The molecule has 1 heterocycles. The smallest absolute Gasteiger partial charge is 0.316 e. The van der Waals surface area contributed by atoms with Crippen LogP contribution >= 0.6 is 0 Å². The Morgan fingerprint density at radius 3 is 1.55 bits per heavy atom. The number of nitrogens with zero attached hydrogens (tertiary/aromatic N) is 1. The van der Waals surface area contributed by atoms with Crippen molar-refractivity contribution in [2.24, 2.45) is 4.99 Å². The van der Waals surface area contributed by atoms with Crippen molar-refractivity contribution in [1.82, 2.24) is 0 Å². The number of carbonyl (C=O) groups is 1. The van der Waals surface area contributed by atoms with Crippen molar-refractivity contribution in [1.29, 1.82) is 0 Å². The van der Waals surface area contributed by atoms with Crippen LogP contribution in [0.4, 0.5) is 0 Å². The molecule has 1 aliphatic heterocycles. The Bertz CT molecular complexity index is 1270. The maximum Gasteiger partial charge on any atom is 0.316 e. The van der Waals surface area contributed by atoms with Crippen molar-refractivity contribution in [3.63, 3.8) is 0 Å². The molecule has 31 heavy (non-hydrogen) atoms. The highest BCUT2D eigenvalue weighted by molar-refractivity contribution is 6.14. The van der Waals surface area contributed by atoms with Crippen LogP contribution in [0.1, 0.15) is 11.1 Å². The third kappa shape index (κ3) is 4.07. The number of amides is 1. The fourth-order valence-corrected chi connectivity index (χ4v) is 3.52. The number of carbonyl (C=O) groups excluding carboxylic acids is 1. The molecular formula is C28H19NO2. The van der Waals surface area contributed by atoms with Crippen LogP contribution in [-0.4, -0.2) is 11.8 Å². The Balaban J connectivity index is 1.32. The summed E-state index contributed by atoms with van der Waals surface area (Å²) in [6.07, 6.45) is 1.73. The molecule has 148 valence electrons. The summed E-state index contributed by atoms with van der Waals surface area (Å²) in [5.74, 6) is 0.213. The molecule has 0 N–H and O–H groups in total. The number of ether oxygens (including phenoxy) is 1. The first-order valence-electron chi connectivity index (χ1n) is 10.1. The molecule has 1 aliphatic rings. The van der Waals surface area contributed by atoms with Gasteiger partial charge in [-0.25, -0.2) is 0 Å².